The van der Waals surface area contributed by atoms with Crippen molar-refractivity contribution < 1.29 is 22.8 Å². The Hall–Kier alpha value is -3.04. The van der Waals surface area contributed by atoms with Crippen LogP contribution in [0.1, 0.15) is 49.0 Å². The Morgan fingerprint density at radius 2 is 1.62 bits per heavy atom. The SMILES string of the molecule is CC(=O)c1ccc(NC(=O)C2CCN(S(=O)(=O)c3ccc4c(c3)CCCN4C(C)=O)CC2)cc1. The molecule has 1 saturated heterocycles. The molecule has 2 heterocycles. The summed E-state index contributed by atoms with van der Waals surface area (Å²) in [6.45, 7) is 4.17. The number of carbonyl (C=O) groups excluding carboxylic acids is 3. The summed E-state index contributed by atoms with van der Waals surface area (Å²) < 4.78 is 28.0. The van der Waals surface area contributed by atoms with Crippen LogP contribution < -0.4 is 10.2 Å². The van der Waals surface area contributed by atoms with E-state index in [-0.39, 0.29) is 41.5 Å². The van der Waals surface area contributed by atoms with E-state index in [1.807, 2.05) is 0 Å². The first-order valence-electron chi connectivity index (χ1n) is 11.5. The van der Waals surface area contributed by atoms with Crippen molar-refractivity contribution in [2.24, 2.45) is 5.92 Å². The van der Waals surface area contributed by atoms with Gasteiger partial charge in [0.05, 0.1) is 4.90 Å². The lowest BCUT2D eigenvalue weighted by molar-refractivity contribution is -0.121. The second kappa shape index (κ2) is 9.68. The molecule has 9 heteroatoms. The smallest absolute Gasteiger partial charge is 0.243 e. The number of ketones is 1. The number of benzene rings is 2. The van der Waals surface area contributed by atoms with Crippen LogP contribution in [-0.4, -0.2) is 50.0 Å². The number of fused-ring (bicyclic) bond motifs is 1. The van der Waals surface area contributed by atoms with Crippen LogP contribution in [0.25, 0.3) is 0 Å². The van der Waals surface area contributed by atoms with Crippen LogP contribution in [0.3, 0.4) is 0 Å². The van der Waals surface area contributed by atoms with Crippen LogP contribution in [0.2, 0.25) is 0 Å². The maximum absolute atomic E-state index is 13.3. The summed E-state index contributed by atoms with van der Waals surface area (Å²) in [4.78, 5) is 37.9. The molecule has 1 N–H and O–H groups in total. The molecule has 34 heavy (non-hydrogen) atoms. The van der Waals surface area contributed by atoms with E-state index in [1.54, 1.807) is 47.4 Å². The molecular formula is C25H29N3O5S. The van der Waals surface area contributed by atoms with E-state index in [0.717, 1.165) is 24.1 Å². The third-order valence-electron chi connectivity index (χ3n) is 6.57. The van der Waals surface area contributed by atoms with Crippen LogP contribution in [0, 0.1) is 5.92 Å². The number of rotatable bonds is 5. The van der Waals surface area contributed by atoms with Gasteiger partial charge in [-0.05, 0) is 80.6 Å². The summed E-state index contributed by atoms with van der Waals surface area (Å²) in [6, 6.07) is 11.7. The summed E-state index contributed by atoms with van der Waals surface area (Å²) in [5.41, 5.74) is 2.84. The van der Waals surface area contributed by atoms with Gasteiger partial charge < -0.3 is 10.2 Å². The van der Waals surface area contributed by atoms with Crippen molar-refractivity contribution in [1.82, 2.24) is 4.31 Å². The first kappa shape index (κ1) is 24.1. The van der Waals surface area contributed by atoms with Crippen molar-refractivity contribution in [2.45, 2.75) is 44.4 Å². The monoisotopic (exact) mass is 483 g/mol. The topological polar surface area (TPSA) is 104 Å². The molecule has 1 fully saturated rings. The quantitative estimate of drug-likeness (QED) is 0.658. The Labute approximate surface area is 200 Å². The van der Waals surface area contributed by atoms with Crippen molar-refractivity contribution in [2.75, 3.05) is 29.9 Å². The van der Waals surface area contributed by atoms with Gasteiger partial charge in [0.15, 0.2) is 5.78 Å². The minimum Gasteiger partial charge on any atom is -0.326 e. The molecule has 0 bridgehead atoms. The van der Waals surface area contributed by atoms with Crippen molar-refractivity contribution in [1.29, 1.82) is 0 Å². The number of anilines is 2. The summed E-state index contributed by atoms with van der Waals surface area (Å²) in [5, 5.41) is 2.86. The molecule has 0 aliphatic carbocycles. The normalized spacial score (nSPS) is 17.2. The maximum Gasteiger partial charge on any atom is 0.243 e. The van der Waals surface area contributed by atoms with Gasteiger partial charge in [0.25, 0.3) is 0 Å². The van der Waals surface area contributed by atoms with E-state index in [2.05, 4.69) is 5.32 Å². The number of amides is 2. The second-order valence-corrected chi connectivity index (χ2v) is 10.8. The highest BCUT2D eigenvalue weighted by atomic mass is 32.2. The molecule has 2 amide bonds. The molecule has 2 aliphatic rings. The maximum atomic E-state index is 13.3. The Morgan fingerprint density at radius 1 is 0.941 bits per heavy atom. The zero-order chi connectivity index (χ0) is 24.5. The molecule has 0 atom stereocenters. The van der Waals surface area contributed by atoms with Crippen LogP contribution in [0.5, 0.6) is 0 Å². The van der Waals surface area contributed by atoms with Gasteiger partial charge in [-0.25, -0.2) is 8.42 Å². The van der Waals surface area contributed by atoms with Gasteiger partial charge in [-0.1, -0.05) is 0 Å². The van der Waals surface area contributed by atoms with Gasteiger partial charge in [-0.15, -0.1) is 0 Å². The zero-order valence-corrected chi connectivity index (χ0v) is 20.2. The van der Waals surface area contributed by atoms with Gasteiger partial charge in [-0.3, -0.25) is 14.4 Å². The number of hydrogen-bond acceptors (Lipinski definition) is 5. The van der Waals surface area contributed by atoms with E-state index in [0.29, 0.717) is 30.6 Å². The number of nitrogens with zero attached hydrogens (tertiary/aromatic N) is 2. The average molecular weight is 484 g/mol. The molecular weight excluding hydrogens is 454 g/mol. The van der Waals surface area contributed by atoms with Gasteiger partial charge in [0.2, 0.25) is 21.8 Å². The summed E-state index contributed by atoms with van der Waals surface area (Å²) >= 11 is 0. The van der Waals surface area contributed by atoms with Gasteiger partial charge >= 0.3 is 0 Å². The lowest BCUT2D eigenvalue weighted by atomic mass is 9.97. The van der Waals surface area contributed by atoms with Crippen LogP contribution in [-0.2, 0) is 26.0 Å². The average Bonchev–Trinajstić information content (AvgIpc) is 2.83. The highest BCUT2D eigenvalue weighted by molar-refractivity contribution is 7.89. The van der Waals surface area contributed by atoms with Crippen molar-refractivity contribution in [3.05, 3.63) is 53.6 Å². The fraction of sp³-hybridized carbons (Fsp3) is 0.400. The minimum absolute atomic E-state index is 0.0402. The lowest BCUT2D eigenvalue weighted by Gasteiger charge is -2.32. The molecule has 180 valence electrons. The van der Waals surface area contributed by atoms with E-state index in [4.69, 9.17) is 0 Å². The lowest BCUT2D eigenvalue weighted by Crippen LogP contribution is -2.41. The minimum atomic E-state index is -3.69. The standard InChI is InChI=1S/C25H29N3O5S/c1-17(29)19-5-7-22(8-6-19)26-25(31)20-11-14-27(15-12-20)34(32,33)23-9-10-24-21(16-23)4-3-13-28(24)18(2)30/h5-10,16,20H,3-4,11-15H2,1-2H3,(H,26,31). The second-order valence-electron chi connectivity index (χ2n) is 8.87. The molecule has 0 saturated carbocycles. The van der Waals surface area contributed by atoms with Gasteiger partial charge in [-0.2, -0.15) is 4.31 Å². The Morgan fingerprint density at radius 3 is 2.24 bits per heavy atom. The van der Waals surface area contributed by atoms with Gasteiger partial charge in [0.1, 0.15) is 0 Å². The third kappa shape index (κ3) is 4.90. The summed E-state index contributed by atoms with van der Waals surface area (Å²) in [7, 11) is -3.69. The predicted molar refractivity (Wildman–Crippen MR) is 129 cm³/mol. The highest BCUT2D eigenvalue weighted by Gasteiger charge is 2.33. The number of nitrogens with one attached hydrogen (secondary N) is 1. The van der Waals surface area contributed by atoms with E-state index >= 15 is 0 Å². The highest BCUT2D eigenvalue weighted by Crippen LogP contribution is 2.32. The number of sulfonamides is 1. The van der Waals surface area contributed by atoms with Crippen molar-refractivity contribution in [3.63, 3.8) is 0 Å². The molecule has 2 aliphatic heterocycles. The number of carbonyl (C=O) groups is 3. The zero-order valence-electron chi connectivity index (χ0n) is 19.4. The van der Waals surface area contributed by atoms with E-state index in [1.165, 1.54) is 18.2 Å². The third-order valence-corrected chi connectivity index (χ3v) is 8.47. The first-order chi connectivity index (χ1) is 16.2. The Bertz CT molecular complexity index is 1220. The number of Topliss-reactive ketones (excluding diaryl/α,β-unsaturated/α-hetero) is 1. The van der Waals surface area contributed by atoms with E-state index in [9.17, 15) is 22.8 Å². The largest absolute Gasteiger partial charge is 0.326 e. The molecule has 4 rings (SSSR count). The van der Waals surface area contributed by atoms with Crippen LogP contribution in [0.15, 0.2) is 47.4 Å². The molecule has 0 aromatic heterocycles. The van der Waals surface area contributed by atoms with Crippen molar-refractivity contribution >= 4 is 39.0 Å². The van der Waals surface area contributed by atoms with Crippen LogP contribution >= 0.6 is 0 Å². The molecule has 8 nitrogen and oxygen atoms in total. The number of piperidine rings is 1. The number of aryl methyl sites for hydroxylation is 1. The van der Waals surface area contributed by atoms with Gasteiger partial charge in [0, 0.05) is 49.4 Å². The molecule has 2 aromatic carbocycles. The van der Waals surface area contributed by atoms with Crippen molar-refractivity contribution in [3.8, 4) is 0 Å². The summed E-state index contributed by atoms with van der Waals surface area (Å²) in [5.74, 6) is -0.523. The fourth-order valence-corrected chi connectivity index (χ4v) is 6.12. The Balaban J connectivity index is 1.40. The molecule has 0 radical (unpaired) electrons. The van der Waals surface area contributed by atoms with E-state index < -0.39 is 10.0 Å². The predicted octanol–water partition coefficient (Wildman–Crippen LogP) is 3.23. The fourth-order valence-electron chi connectivity index (χ4n) is 4.60. The molecule has 0 unspecified atom stereocenters. The first-order valence-corrected chi connectivity index (χ1v) is 12.9. The number of hydrogen-bond donors (Lipinski definition) is 1. The Kier molecular flexibility index (Phi) is 6.86. The molecule has 0 spiro atoms. The molecule has 2 aromatic rings. The summed E-state index contributed by atoms with van der Waals surface area (Å²) in [6.07, 6.45) is 2.39. The van der Waals surface area contributed by atoms with Crippen LogP contribution in [0.4, 0.5) is 11.4 Å².